The quantitative estimate of drug-likeness (QED) is 0.555. The highest BCUT2D eigenvalue weighted by Crippen LogP contribution is 2.40. The van der Waals surface area contributed by atoms with E-state index in [1.54, 1.807) is 0 Å². The van der Waals surface area contributed by atoms with Gasteiger partial charge >= 0.3 is 5.97 Å². The van der Waals surface area contributed by atoms with E-state index in [0.717, 1.165) is 27.9 Å². The summed E-state index contributed by atoms with van der Waals surface area (Å²) in [4.78, 5) is 27.9. The number of hydrogen-bond donors (Lipinski definition) is 0. The van der Waals surface area contributed by atoms with Crippen LogP contribution >= 0.6 is 11.3 Å². The van der Waals surface area contributed by atoms with Crippen molar-refractivity contribution in [3.63, 3.8) is 0 Å². The maximum atomic E-state index is 13.4. The molecular formula is C22H25N3O3S. The van der Waals surface area contributed by atoms with Gasteiger partial charge in [-0.15, -0.1) is 11.3 Å². The van der Waals surface area contributed by atoms with E-state index in [1.807, 2.05) is 66.9 Å². The standard InChI is InChI=1S/C22H25N3O3S/c1-4-28-22(27)18-10-16(18)12-25(13-17-9-14(2)24(3)23-17)21(26)20-11-15-7-5-6-8-19(15)29-20/h5-9,11,16,18H,4,10,12-13H2,1-3H3/t16-,18+/m0/s1. The molecule has 1 saturated carbocycles. The van der Waals surface area contributed by atoms with E-state index in [2.05, 4.69) is 5.10 Å². The highest BCUT2D eigenvalue weighted by atomic mass is 32.1. The number of aromatic nitrogens is 2. The van der Waals surface area contributed by atoms with E-state index >= 15 is 0 Å². The van der Waals surface area contributed by atoms with E-state index in [9.17, 15) is 9.59 Å². The molecule has 4 rings (SSSR count). The lowest BCUT2D eigenvalue weighted by Crippen LogP contribution is -2.33. The van der Waals surface area contributed by atoms with Crippen LogP contribution in [0.2, 0.25) is 0 Å². The smallest absolute Gasteiger partial charge is 0.309 e. The summed E-state index contributed by atoms with van der Waals surface area (Å²) in [6, 6.07) is 12.0. The summed E-state index contributed by atoms with van der Waals surface area (Å²) in [7, 11) is 1.90. The molecule has 0 unspecified atom stereocenters. The Morgan fingerprint density at radius 1 is 1.31 bits per heavy atom. The number of nitrogens with zero attached hydrogens (tertiary/aromatic N) is 3. The summed E-state index contributed by atoms with van der Waals surface area (Å²) >= 11 is 1.51. The summed E-state index contributed by atoms with van der Waals surface area (Å²) in [6.07, 6.45) is 0.774. The first-order chi connectivity index (χ1) is 14.0. The van der Waals surface area contributed by atoms with Gasteiger partial charge in [-0.3, -0.25) is 14.3 Å². The van der Waals surface area contributed by atoms with Crippen molar-refractivity contribution >= 4 is 33.3 Å². The fourth-order valence-corrected chi connectivity index (χ4v) is 4.67. The Labute approximate surface area is 174 Å². The van der Waals surface area contributed by atoms with E-state index < -0.39 is 0 Å². The molecule has 0 radical (unpaired) electrons. The maximum Gasteiger partial charge on any atom is 0.309 e. The van der Waals surface area contributed by atoms with E-state index in [0.29, 0.717) is 24.6 Å². The van der Waals surface area contributed by atoms with Crippen LogP contribution in [-0.4, -0.2) is 39.7 Å². The molecule has 1 aliphatic carbocycles. The maximum absolute atomic E-state index is 13.4. The van der Waals surface area contributed by atoms with Crippen LogP contribution in [0.1, 0.15) is 34.4 Å². The van der Waals surface area contributed by atoms with Crippen molar-refractivity contribution in [1.82, 2.24) is 14.7 Å². The Kier molecular flexibility index (Phi) is 5.41. The molecule has 7 heteroatoms. The van der Waals surface area contributed by atoms with Crippen LogP contribution in [0.4, 0.5) is 0 Å². The zero-order valence-corrected chi connectivity index (χ0v) is 17.7. The van der Waals surface area contributed by atoms with Gasteiger partial charge in [0.1, 0.15) is 0 Å². The van der Waals surface area contributed by atoms with Gasteiger partial charge in [0, 0.05) is 24.0 Å². The highest BCUT2D eigenvalue weighted by Gasteiger charge is 2.45. The fraction of sp³-hybridized carbons (Fsp3) is 0.409. The van der Waals surface area contributed by atoms with Crippen molar-refractivity contribution in [2.45, 2.75) is 26.8 Å². The molecule has 1 amide bonds. The number of thiophene rings is 1. The van der Waals surface area contributed by atoms with E-state index in [-0.39, 0.29) is 23.7 Å². The lowest BCUT2D eigenvalue weighted by atomic mass is 10.2. The molecule has 0 bridgehead atoms. The van der Waals surface area contributed by atoms with Crippen molar-refractivity contribution < 1.29 is 14.3 Å². The largest absolute Gasteiger partial charge is 0.466 e. The number of carbonyl (C=O) groups excluding carboxylic acids is 2. The average molecular weight is 412 g/mol. The predicted molar refractivity (Wildman–Crippen MR) is 113 cm³/mol. The second kappa shape index (κ2) is 7.99. The number of aryl methyl sites for hydroxylation is 2. The second-order valence-corrected chi connectivity index (χ2v) is 8.67. The normalized spacial score (nSPS) is 18.0. The summed E-state index contributed by atoms with van der Waals surface area (Å²) in [6.45, 7) is 5.16. The monoisotopic (exact) mass is 411 g/mol. The lowest BCUT2D eigenvalue weighted by Gasteiger charge is -2.21. The highest BCUT2D eigenvalue weighted by molar-refractivity contribution is 7.20. The van der Waals surface area contributed by atoms with Gasteiger partial charge in [-0.1, -0.05) is 18.2 Å². The topological polar surface area (TPSA) is 64.4 Å². The summed E-state index contributed by atoms with van der Waals surface area (Å²) < 4.78 is 8.06. The third kappa shape index (κ3) is 4.19. The minimum absolute atomic E-state index is 0.0102. The van der Waals surface area contributed by atoms with Gasteiger partial charge in [-0.2, -0.15) is 5.10 Å². The molecule has 1 fully saturated rings. The number of benzene rings is 1. The minimum Gasteiger partial charge on any atom is -0.466 e. The molecule has 0 N–H and O–H groups in total. The van der Waals surface area contributed by atoms with Gasteiger partial charge in [0.05, 0.1) is 29.6 Å². The molecule has 1 aliphatic rings. The Morgan fingerprint density at radius 2 is 2.10 bits per heavy atom. The van der Waals surface area contributed by atoms with Crippen molar-refractivity contribution in [2.75, 3.05) is 13.2 Å². The summed E-state index contributed by atoms with van der Waals surface area (Å²) in [5, 5.41) is 5.59. The molecule has 0 spiro atoms. The fourth-order valence-electron chi connectivity index (χ4n) is 3.64. The summed E-state index contributed by atoms with van der Waals surface area (Å²) in [5.74, 6) is -0.111. The second-order valence-electron chi connectivity index (χ2n) is 7.59. The van der Waals surface area contributed by atoms with Crippen molar-refractivity contribution in [1.29, 1.82) is 0 Å². The number of rotatable bonds is 7. The van der Waals surface area contributed by atoms with Crippen LogP contribution in [0.25, 0.3) is 10.1 Å². The van der Waals surface area contributed by atoms with Gasteiger partial charge in [-0.25, -0.2) is 0 Å². The Balaban J connectivity index is 1.55. The molecule has 0 aliphatic heterocycles. The predicted octanol–water partition coefficient (Wildman–Crippen LogP) is 3.78. The number of carbonyl (C=O) groups is 2. The minimum atomic E-state index is -0.152. The first-order valence-corrected chi connectivity index (χ1v) is 10.7. The van der Waals surface area contributed by atoms with Crippen LogP contribution in [0.5, 0.6) is 0 Å². The SMILES string of the molecule is CCOC(=O)[C@@H]1C[C@H]1CN(Cc1cc(C)n(C)n1)C(=O)c1cc2ccccc2s1. The third-order valence-electron chi connectivity index (χ3n) is 5.41. The van der Waals surface area contributed by atoms with Crippen LogP contribution in [0.15, 0.2) is 36.4 Å². The van der Waals surface area contributed by atoms with Crippen LogP contribution in [-0.2, 0) is 23.1 Å². The Bertz CT molecular complexity index is 1000. The van der Waals surface area contributed by atoms with Gasteiger partial charge in [0.25, 0.3) is 5.91 Å². The first kappa shape index (κ1) is 19.6. The molecule has 6 nitrogen and oxygen atoms in total. The van der Waals surface area contributed by atoms with Gasteiger partial charge in [0.2, 0.25) is 0 Å². The lowest BCUT2D eigenvalue weighted by molar-refractivity contribution is -0.145. The van der Waals surface area contributed by atoms with Crippen molar-refractivity contribution in [3.05, 3.63) is 52.7 Å². The van der Waals surface area contributed by atoms with Gasteiger partial charge in [0.15, 0.2) is 0 Å². The molecule has 2 aromatic heterocycles. The third-order valence-corrected chi connectivity index (χ3v) is 6.51. The van der Waals surface area contributed by atoms with Crippen LogP contribution < -0.4 is 0 Å². The molecule has 0 saturated heterocycles. The zero-order chi connectivity index (χ0) is 20.5. The average Bonchev–Trinajstić information content (AvgIpc) is 3.21. The number of esters is 1. The number of amides is 1. The number of hydrogen-bond acceptors (Lipinski definition) is 5. The molecule has 1 aromatic carbocycles. The molecule has 152 valence electrons. The molecule has 2 heterocycles. The van der Waals surface area contributed by atoms with Crippen LogP contribution in [0.3, 0.4) is 0 Å². The van der Waals surface area contributed by atoms with Gasteiger partial charge in [-0.05, 0) is 49.8 Å². The molecule has 2 atom stereocenters. The first-order valence-electron chi connectivity index (χ1n) is 9.90. The van der Waals surface area contributed by atoms with Crippen LogP contribution in [0, 0.1) is 18.8 Å². The van der Waals surface area contributed by atoms with Crippen molar-refractivity contribution in [3.8, 4) is 0 Å². The van der Waals surface area contributed by atoms with E-state index in [1.165, 1.54) is 11.3 Å². The number of fused-ring (bicyclic) bond motifs is 1. The van der Waals surface area contributed by atoms with Gasteiger partial charge < -0.3 is 9.64 Å². The van der Waals surface area contributed by atoms with E-state index in [4.69, 9.17) is 4.74 Å². The molecule has 3 aromatic rings. The molecular weight excluding hydrogens is 386 g/mol. The Hall–Kier alpha value is -2.67. The molecule has 29 heavy (non-hydrogen) atoms. The van der Waals surface area contributed by atoms with Crippen molar-refractivity contribution in [2.24, 2.45) is 18.9 Å². The number of ether oxygens (including phenoxy) is 1. The summed E-state index contributed by atoms with van der Waals surface area (Å²) in [5.41, 5.74) is 1.90. The zero-order valence-electron chi connectivity index (χ0n) is 16.9. The Morgan fingerprint density at radius 3 is 2.79 bits per heavy atom.